The third-order valence-corrected chi connectivity index (χ3v) is 3.78. The fourth-order valence-corrected chi connectivity index (χ4v) is 2.62. The second-order valence-corrected chi connectivity index (χ2v) is 5.21. The van der Waals surface area contributed by atoms with E-state index in [1.165, 1.54) is 11.1 Å². The van der Waals surface area contributed by atoms with Crippen molar-refractivity contribution in [3.05, 3.63) is 53.6 Å². The third kappa shape index (κ3) is 5.78. The Bertz CT molecular complexity index is 596. The van der Waals surface area contributed by atoms with Crippen molar-refractivity contribution in [2.24, 2.45) is 0 Å². The van der Waals surface area contributed by atoms with Gasteiger partial charge in [-0.05, 0) is 55.0 Å². The van der Waals surface area contributed by atoms with E-state index in [2.05, 4.69) is 18.2 Å². The van der Waals surface area contributed by atoms with E-state index in [9.17, 15) is 0 Å². The number of hydrogen-bond donors (Lipinski definition) is 1. The monoisotopic (exact) mass is 332 g/mol. The molecule has 0 aliphatic carbocycles. The maximum atomic E-state index is 7.00. The van der Waals surface area contributed by atoms with Gasteiger partial charge in [0.2, 0.25) is 0 Å². The van der Waals surface area contributed by atoms with Gasteiger partial charge in [0.1, 0.15) is 5.75 Å². The fraction of sp³-hybridized carbons (Fsp3) is 0.400. The standard InChI is InChI=1S/C19H24O3.CH4O/c1-20-17-12-6-9-15(14-17)8-4-5-10-16-11-7-13-18(21-2)19(16)22-3;1-2/h6-7,9,11-14H,4-5,8,10H2,1-3H3;2H,1H3. The number of methoxy groups -OCH3 is 3. The molecule has 24 heavy (non-hydrogen) atoms. The van der Waals surface area contributed by atoms with E-state index >= 15 is 0 Å². The number of benzene rings is 2. The molecule has 1 N–H and O–H groups in total. The predicted molar refractivity (Wildman–Crippen MR) is 97.3 cm³/mol. The van der Waals surface area contributed by atoms with Gasteiger partial charge in [-0.25, -0.2) is 0 Å². The molecular formula is C20H28O4. The lowest BCUT2D eigenvalue weighted by Crippen LogP contribution is -1.97. The molecule has 0 aliphatic heterocycles. The van der Waals surface area contributed by atoms with Crippen molar-refractivity contribution < 1.29 is 19.3 Å². The molecule has 0 fully saturated rings. The van der Waals surface area contributed by atoms with E-state index in [-0.39, 0.29) is 0 Å². The van der Waals surface area contributed by atoms with Crippen molar-refractivity contribution in [3.63, 3.8) is 0 Å². The van der Waals surface area contributed by atoms with E-state index < -0.39 is 0 Å². The smallest absolute Gasteiger partial charge is 0.163 e. The number of para-hydroxylation sites is 1. The van der Waals surface area contributed by atoms with Crippen molar-refractivity contribution >= 4 is 0 Å². The van der Waals surface area contributed by atoms with Gasteiger partial charge in [0.15, 0.2) is 11.5 Å². The Kier molecular flexibility index (Phi) is 9.39. The molecular weight excluding hydrogens is 304 g/mol. The number of ether oxygens (including phenoxy) is 3. The number of rotatable bonds is 8. The number of aryl methyl sites for hydroxylation is 2. The van der Waals surface area contributed by atoms with Gasteiger partial charge in [-0.15, -0.1) is 0 Å². The van der Waals surface area contributed by atoms with Crippen LogP contribution in [-0.2, 0) is 12.8 Å². The Hall–Kier alpha value is -2.20. The van der Waals surface area contributed by atoms with Gasteiger partial charge in [-0.3, -0.25) is 0 Å². The second kappa shape index (κ2) is 11.4. The first-order chi connectivity index (χ1) is 11.8. The van der Waals surface area contributed by atoms with Crippen molar-refractivity contribution in [2.45, 2.75) is 25.7 Å². The Labute approximate surface area is 145 Å². The third-order valence-electron chi connectivity index (χ3n) is 3.78. The Morgan fingerprint density at radius 2 is 1.50 bits per heavy atom. The van der Waals surface area contributed by atoms with Gasteiger partial charge >= 0.3 is 0 Å². The van der Waals surface area contributed by atoms with E-state index in [4.69, 9.17) is 19.3 Å². The van der Waals surface area contributed by atoms with Gasteiger partial charge in [-0.2, -0.15) is 0 Å². The SMILES string of the molecule is CO.COc1cccc(CCCCc2cccc(OC)c2OC)c1. The molecule has 0 amide bonds. The molecule has 0 heterocycles. The molecule has 0 saturated heterocycles. The molecule has 0 aromatic heterocycles. The zero-order chi connectivity index (χ0) is 17.8. The summed E-state index contributed by atoms with van der Waals surface area (Å²) in [6.07, 6.45) is 4.29. The van der Waals surface area contributed by atoms with Gasteiger partial charge in [0.25, 0.3) is 0 Å². The maximum Gasteiger partial charge on any atom is 0.163 e. The van der Waals surface area contributed by atoms with Crippen molar-refractivity contribution in [1.29, 1.82) is 0 Å². The lowest BCUT2D eigenvalue weighted by molar-refractivity contribution is 0.351. The van der Waals surface area contributed by atoms with E-state index in [0.717, 1.165) is 50.0 Å². The minimum atomic E-state index is 0.799. The summed E-state index contributed by atoms with van der Waals surface area (Å²) in [5.74, 6) is 2.58. The van der Waals surface area contributed by atoms with Gasteiger partial charge in [0.05, 0.1) is 21.3 Å². The van der Waals surface area contributed by atoms with Crippen molar-refractivity contribution in [3.8, 4) is 17.2 Å². The van der Waals surface area contributed by atoms with Gasteiger partial charge in [0, 0.05) is 7.11 Å². The Morgan fingerprint density at radius 3 is 2.17 bits per heavy atom. The fourth-order valence-electron chi connectivity index (χ4n) is 2.62. The highest BCUT2D eigenvalue weighted by Crippen LogP contribution is 2.31. The molecule has 2 rings (SSSR count). The highest BCUT2D eigenvalue weighted by atomic mass is 16.5. The molecule has 2 aromatic carbocycles. The minimum Gasteiger partial charge on any atom is -0.497 e. The second-order valence-electron chi connectivity index (χ2n) is 5.21. The van der Waals surface area contributed by atoms with Gasteiger partial charge < -0.3 is 19.3 Å². The van der Waals surface area contributed by atoms with Crippen LogP contribution in [0.5, 0.6) is 17.2 Å². The molecule has 132 valence electrons. The Balaban J connectivity index is 0.00000139. The highest BCUT2D eigenvalue weighted by Gasteiger charge is 2.08. The average molecular weight is 332 g/mol. The van der Waals surface area contributed by atoms with E-state index in [1.807, 2.05) is 24.3 Å². The van der Waals surface area contributed by atoms with Crippen LogP contribution in [-0.4, -0.2) is 33.5 Å². The summed E-state index contributed by atoms with van der Waals surface area (Å²) >= 11 is 0. The summed E-state index contributed by atoms with van der Waals surface area (Å²) in [4.78, 5) is 0. The predicted octanol–water partition coefficient (Wildman–Crippen LogP) is 3.89. The Morgan fingerprint density at radius 1 is 0.792 bits per heavy atom. The zero-order valence-corrected chi connectivity index (χ0v) is 15.0. The van der Waals surface area contributed by atoms with Crippen LogP contribution in [0, 0.1) is 0 Å². The summed E-state index contributed by atoms with van der Waals surface area (Å²) in [7, 11) is 6.07. The largest absolute Gasteiger partial charge is 0.497 e. The van der Waals surface area contributed by atoms with Crippen molar-refractivity contribution in [2.75, 3.05) is 28.4 Å². The van der Waals surface area contributed by atoms with Crippen LogP contribution in [0.1, 0.15) is 24.0 Å². The van der Waals surface area contributed by atoms with Gasteiger partial charge in [-0.1, -0.05) is 24.3 Å². The number of hydrogen-bond acceptors (Lipinski definition) is 4. The number of aliphatic hydroxyl groups excluding tert-OH is 1. The molecule has 0 unspecified atom stereocenters. The first kappa shape index (κ1) is 19.8. The molecule has 0 radical (unpaired) electrons. The normalized spacial score (nSPS) is 9.71. The first-order valence-corrected chi connectivity index (χ1v) is 8.06. The number of unbranched alkanes of at least 4 members (excludes halogenated alkanes) is 1. The summed E-state index contributed by atoms with van der Waals surface area (Å²) in [6, 6.07) is 14.3. The minimum absolute atomic E-state index is 0.799. The average Bonchev–Trinajstić information content (AvgIpc) is 2.66. The van der Waals surface area contributed by atoms with Crippen LogP contribution in [0.15, 0.2) is 42.5 Å². The summed E-state index contributed by atoms with van der Waals surface area (Å²) in [5.41, 5.74) is 2.52. The molecule has 0 saturated carbocycles. The molecule has 0 spiro atoms. The molecule has 0 bridgehead atoms. The van der Waals surface area contributed by atoms with E-state index in [0.29, 0.717) is 0 Å². The van der Waals surface area contributed by atoms with Crippen LogP contribution in [0.3, 0.4) is 0 Å². The lowest BCUT2D eigenvalue weighted by Gasteiger charge is -2.12. The van der Waals surface area contributed by atoms with E-state index in [1.54, 1.807) is 21.3 Å². The highest BCUT2D eigenvalue weighted by molar-refractivity contribution is 5.46. The summed E-state index contributed by atoms with van der Waals surface area (Å²) in [5, 5.41) is 7.00. The number of aliphatic hydroxyl groups is 1. The summed E-state index contributed by atoms with van der Waals surface area (Å²) < 4.78 is 16.1. The van der Waals surface area contributed by atoms with Crippen LogP contribution >= 0.6 is 0 Å². The first-order valence-electron chi connectivity index (χ1n) is 8.06. The topological polar surface area (TPSA) is 47.9 Å². The lowest BCUT2D eigenvalue weighted by atomic mass is 10.0. The zero-order valence-electron chi connectivity index (χ0n) is 15.0. The van der Waals surface area contributed by atoms with Crippen LogP contribution in [0.4, 0.5) is 0 Å². The van der Waals surface area contributed by atoms with Crippen LogP contribution in [0.25, 0.3) is 0 Å². The summed E-state index contributed by atoms with van der Waals surface area (Å²) in [6.45, 7) is 0. The molecule has 4 heteroatoms. The molecule has 0 atom stereocenters. The van der Waals surface area contributed by atoms with Crippen LogP contribution < -0.4 is 14.2 Å². The molecule has 0 aliphatic rings. The maximum absolute atomic E-state index is 7.00. The van der Waals surface area contributed by atoms with Crippen molar-refractivity contribution in [1.82, 2.24) is 0 Å². The molecule has 4 nitrogen and oxygen atoms in total. The quantitative estimate of drug-likeness (QED) is 0.745. The molecule has 2 aromatic rings. The van der Waals surface area contributed by atoms with Crippen LogP contribution in [0.2, 0.25) is 0 Å².